The molecule has 2 saturated heterocycles. The van der Waals surface area contributed by atoms with Crippen LogP contribution in [0.2, 0.25) is 0 Å². The van der Waals surface area contributed by atoms with Gasteiger partial charge in [0, 0.05) is 31.8 Å². The van der Waals surface area contributed by atoms with E-state index in [0.717, 1.165) is 18.4 Å². The largest absolute Gasteiger partial charge is 0.354 e. The maximum absolute atomic E-state index is 13.0. The number of nitrogens with zero attached hydrogens (tertiary/aromatic N) is 3. The van der Waals surface area contributed by atoms with Crippen molar-refractivity contribution >= 4 is 24.1 Å². The molecule has 0 aromatic carbocycles. The fraction of sp³-hybridized carbons (Fsp3) is 0.818. The zero-order chi connectivity index (χ0) is 32.4. The Labute approximate surface area is 257 Å². The van der Waals surface area contributed by atoms with Crippen LogP contribution in [0.1, 0.15) is 101 Å². The van der Waals surface area contributed by atoms with Crippen LogP contribution < -0.4 is 10.6 Å². The highest BCUT2D eigenvalue weighted by molar-refractivity contribution is 5.97. The van der Waals surface area contributed by atoms with Gasteiger partial charge < -0.3 is 25.3 Å². The standard InChI is InChI=1S/C21H36N4O4.C8H17N.C4H10/c1-14(2)11-23-20(28)17-8-7-9-25(17)21(29)16(5)10-18(15(3)4)24(6)19(27)12-22-13-26;1-8(2)9-6-4-3-5-7-9;1-4(2)3/h10,13-15,17-18H,7-9,11-12H2,1-6H3,(H,22,26)(H,23,28);8H,3-7H2,1-2H3;4H,1-3H3/b16-10+;;/t17-,18+;;/m0../s1. The molecule has 2 N–H and O–H groups in total. The van der Waals surface area contributed by atoms with Gasteiger partial charge in [0.05, 0.1) is 12.6 Å². The molecule has 2 atom stereocenters. The molecule has 2 aliphatic heterocycles. The topological polar surface area (TPSA) is 102 Å². The van der Waals surface area contributed by atoms with Gasteiger partial charge in [0.2, 0.25) is 24.1 Å². The second-order valence-electron chi connectivity index (χ2n) is 13.3. The van der Waals surface area contributed by atoms with Crippen molar-refractivity contribution < 1.29 is 19.2 Å². The smallest absolute Gasteiger partial charge is 0.249 e. The Morgan fingerprint density at radius 1 is 0.905 bits per heavy atom. The molecular weight excluding hydrogens is 530 g/mol. The molecule has 0 radical (unpaired) electrons. The van der Waals surface area contributed by atoms with Gasteiger partial charge in [-0.25, -0.2) is 0 Å². The number of likely N-dealkylation sites (tertiary alicyclic amines) is 2. The van der Waals surface area contributed by atoms with E-state index in [1.165, 1.54) is 37.3 Å². The second-order valence-corrected chi connectivity index (χ2v) is 13.3. The van der Waals surface area contributed by atoms with Crippen LogP contribution in [0.3, 0.4) is 0 Å². The van der Waals surface area contributed by atoms with Gasteiger partial charge >= 0.3 is 0 Å². The van der Waals surface area contributed by atoms with Crippen LogP contribution in [-0.4, -0.2) is 96.7 Å². The van der Waals surface area contributed by atoms with E-state index in [9.17, 15) is 19.2 Å². The summed E-state index contributed by atoms with van der Waals surface area (Å²) in [6.07, 6.45) is 8.00. The number of carbonyl (C=O) groups excluding carboxylic acids is 4. The number of hydrogen-bond acceptors (Lipinski definition) is 5. The fourth-order valence-corrected chi connectivity index (χ4v) is 4.87. The maximum Gasteiger partial charge on any atom is 0.249 e. The minimum atomic E-state index is -0.446. The van der Waals surface area contributed by atoms with E-state index >= 15 is 0 Å². The maximum atomic E-state index is 13.0. The Kier molecular flexibility index (Phi) is 20.1. The Morgan fingerprint density at radius 3 is 1.93 bits per heavy atom. The van der Waals surface area contributed by atoms with Crippen molar-refractivity contribution in [3.63, 3.8) is 0 Å². The molecule has 0 unspecified atom stereocenters. The molecule has 0 bridgehead atoms. The average Bonchev–Trinajstić information content (AvgIpc) is 3.42. The van der Waals surface area contributed by atoms with Crippen LogP contribution in [0.4, 0.5) is 0 Å². The predicted octanol–water partition coefficient (Wildman–Crippen LogP) is 4.47. The van der Waals surface area contributed by atoms with Gasteiger partial charge in [-0.2, -0.15) is 0 Å². The van der Waals surface area contributed by atoms with Crippen LogP contribution in [0.25, 0.3) is 0 Å². The van der Waals surface area contributed by atoms with Gasteiger partial charge in [-0.3, -0.25) is 19.2 Å². The summed E-state index contributed by atoms with van der Waals surface area (Å²) in [4.78, 5) is 54.0. The zero-order valence-electron chi connectivity index (χ0n) is 28.7. The van der Waals surface area contributed by atoms with Crippen LogP contribution in [0, 0.1) is 17.8 Å². The van der Waals surface area contributed by atoms with Gasteiger partial charge in [0.15, 0.2) is 0 Å². The van der Waals surface area contributed by atoms with Gasteiger partial charge in [-0.15, -0.1) is 0 Å². The molecule has 0 aromatic rings. The number of hydrogen-bond donors (Lipinski definition) is 2. The third kappa shape index (κ3) is 15.7. The van der Waals surface area contributed by atoms with E-state index in [-0.39, 0.29) is 36.2 Å². The van der Waals surface area contributed by atoms with Gasteiger partial charge in [0.1, 0.15) is 6.04 Å². The lowest BCUT2D eigenvalue weighted by Crippen LogP contribution is -2.47. The molecule has 0 saturated carbocycles. The number of likely N-dealkylation sites (N-methyl/N-ethyl adjacent to an activating group) is 1. The van der Waals surface area contributed by atoms with E-state index in [4.69, 9.17) is 0 Å². The van der Waals surface area contributed by atoms with Crippen molar-refractivity contribution in [2.24, 2.45) is 17.8 Å². The van der Waals surface area contributed by atoms with Gasteiger partial charge in [0.25, 0.3) is 0 Å². The summed E-state index contributed by atoms with van der Waals surface area (Å²) in [5.74, 6) is 0.737. The highest BCUT2D eigenvalue weighted by atomic mass is 16.2. The monoisotopic (exact) mass is 593 g/mol. The first-order chi connectivity index (χ1) is 19.6. The fourth-order valence-electron chi connectivity index (χ4n) is 4.87. The first-order valence-electron chi connectivity index (χ1n) is 16.1. The highest BCUT2D eigenvalue weighted by Gasteiger charge is 2.35. The summed E-state index contributed by atoms with van der Waals surface area (Å²) in [6.45, 7) is 24.5. The van der Waals surface area contributed by atoms with Crippen molar-refractivity contribution in [2.75, 3.05) is 39.8 Å². The SMILES string of the molecule is C/C(=C\[C@H](C(C)C)N(C)C(=O)CNC=O)C(=O)N1CCC[C@H]1C(=O)NCC(C)C.CC(C)C.CC(C)N1CCCCC1. The van der Waals surface area contributed by atoms with E-state index in [0.29, 0.717) is 37.4 Å². The molecule has 244 valence electrons. The van der Waals surface area contributed by atoms with Crippen LogP contribution in [-0.2, 0) is 19.2 Å². The third-order valence-electron chi connectivity index (χ3n) is 7.24. The molecule has 0 aromatic heterocycles. The minimum Gasteiger partial charge on any atom is -0.354 e. The Hall–Kier alpha value is -2.42. The lowest BCUT2D eigenvalue weighted by molar-refractivity contribution is -0.135. The molecule has 0 aliphatic carbocycles. The van der Waals surface area contributed by atoms with Crippen LogP contribution >= 0.6 is 0 Å². The quantitative estimate of drug-likeness (QED) is 0.272. The summed E-state index contributed by atoms with van der Waals surface area (Å²) in [5.41, 5.74) is 0.509. The van der Waals surface area contributed by atoms with Crippen LogP contribution in [0.5, 0.6) is 0 Å². The summed E-state index contributed by atoms with van der Waals surface area (Å²) in [6, 6.07) is 0.0271. The molecule has 4 amide bonds. The molecule has 42 heavy (non-hydrogen) atoms. The van der Waals surface area contributed by atoms with Crippen molar-refractivity contribution in [2.45, 2.75) is 119 Å². The number of carbonyl (C=O) groups is 4. The normalized spacial score (nSPS) is 18.2. The molecule has 2 heterocycles. The first-order valence-corrected chi connectivity index (χ1v) is 16.1. The van der Waals surface area contributed by atoms with Crippen molar-refractivity contribution in [1.82, 2.24) is 25.3 Å². The summed E-state index contributed by atoms with van der Waals surface area (Å²) >= 11 is 0. The summed E-state index contributed by atoms with van der Waals surface area (Å²) < 4.78 is 0. The van der Waals surface area contributed by atoms with Gasteiger partial charge in [-0.1, -0.05) is 61.0 Å². The molecule has 9 nitrogen and oxygen atoms in total. The molecule has 2 fully saturated rings. The number of amides is 4. The Morgan fingerprint density at radius 2 is 1.48 bits per heavy atom. The molecule has 9 heteroatoms. The Bertz CT molecular complexity index is 832. The van der Waals surface area contributed by atoms with Crippen molar-refractivity contribution in [1.29, 1.82) is 0 Å². The predicted molar refractivity (Wildman–Crippen MR) is 173 cm³/mol. The molecule has 2 rings (SSSR count). The Balaban J connectivity index is 0.00000106. The van der Waals surface area contributed by atoms with Gasteiger partial charge in [-0.05, 0) is 77.3 Å². The van der Waals surface area contributed by atoms with Crippen molar-refractivity contribution in [3.05, 3.63) is 11.6 Å². The average molecular weight is 594 g/mol. The number of rotatable bonds is 11. The first kappa shape index (κ1) is 39.6. The zero-order valence-corrected chi connectivity index (χ0v) is 28.7. The van der Waals surface area contributed by atoms with E-state index < -0.39 is 6.04 Å². The number of piperidine rings is 1. The van der Waals surface area contributed by atoms with Crippen molar-refractivity contribution in [3.8, 4) is 0 Å². The summed E-state index contributed by atoms with van der Waals surface area (Å²) in [7, 11) is 1.66. The molecular formula is C33H63N5O4. The van der Waals surface area contributed by atoms with E-state index in [1.807, 2.05) is 27.7 Å². The second kappa shape index (κ2) is 21.3. The summed E-state index contributed by atoms with van der Waals surface area (Å²) in [5, 5.41) is 5.29. The minimum absolute atomic E-state index is 0.0756. The third-order valence-corrected chi connectivity index (χ3v) is 7.24. The lowest BCUT2D eigenvalue weighted by Gasteiger charge is -2.30. The molecule has 0 spiro atoms. The van der Waals surface area contributed by atoms with Crippen LogP contribution in [0.15, 0.2) is 11.6 Å². The number of nitrogens with one attached hydrogen (secondary N) is 2. The lowest BCUT2D eigenvalue weighted by atomic mass is 9.99. The van der Waals surface area contributed by atoms with E-state index in [1.54, 1.807) is 24.9 Å². The molecule has 2 aliphatic rings. The highest BCUT2D eigenvalue weighted by Crippen LogP contribution is 2.22. The van der Waals surface area contributed by atoms with E-state index in [2.05, 4.69) is 50.2 Å².